The van der Waals surface area contributed by atoms with Crippen LogP contribution in [0.25, 0.3) is 0 Å². The third kappa shape index (κ3) is 1.32. The van der Waals surface area contributed by atoms with Gasteiger partial charge in [-0.05, 0) is 30.5 Å². The molecule has 1 fully saturated rings. The largest absolute Gasteiger partial charge is 0.374 e. The van der Waals surface area contributed by atoms with Crippen molar-refractivity contribution >= 4 is 0 Å². The number of benzene rings is 1. The Balaban J connectivity index is 2.37. The van der Waals surface area contributed by atoms with Crippen molar-refractivity contribution in [1.29, 1.82) is 5.26 Å². The molecule has 1 aromatic rings. The Morgan fingerprint density at radius 2 is 2.23 bits per heavy atom. The highest BCUT2D eigenvalue weighted by Gasteiger charge is 2.44. The zero-order chi connectivity index (χ0) is 9.31. The summed E-state index contributed by atoms with van der Waals surface area (Å²) in [6, 6.07) is 9.80. The molecule has 0 unspecified atom stereocenters. The summed E-state index contributed by atoms with van der Waals surface area (Å²) in [6.07, 6.45) is 2.14. The monoisotopic (exact) mass is 173 g/mol. The van der Waals surface area contributed by atoms with Gasteiger partial charge >= 0.3 is 0 Å². The Morgan fingerprint density at radius 1 is 1.46 bits per heavy atom. The molecule has 1 aromatic carbocycles. The minimum Gasteiger partial charge on any atom is -0.374 e. The van der Waals surface area contributed by atoms with E-state index in [-0.39, 0.29) is 5.60 Å². The average molecular weight is 173 g/mol. The molecule has 13 heavy (non-hydrogen) atoms. The normalized spacial score (nSPS) is 17.8. The van der Waals surface area contributed by atoms with Crippen molar-refractivity contribution < 1.29 is 4.74 Å². The van der Waals surface area contributed by atoms with Crippen molar-refractivity contribution in [3.8, 4) is 6.07 Å². The molecule has 0 aliphatic heterocycles. The van der Waals surface area contributed by atoms with E-state index in [2.05, 4.69) is 6.07 Å². The molecule has 66 valence electrons. The molecule has 1 aliphatic carbocycles. The summed E-state index contributed by atoms with van der Waals surface area (Å²) in [7, 11) is 1.73. The second kappa shape index (κ2) is 2.86. The van der Waals surface area contributed by atoms with E-state index in [1.54, 1.807) is 7.11 Å². The SMILES string of the molecule is COC1(c2cccc(C#N)c2)CC1. The molecule has 0 heterocycles. The molecule has 2 nitrogen and oxygen atoms in total. The van der Waals surface area contributed by atoms with E-state index in [9.17, 15) is 0 Å². The van der Waals surface area contributed by atoms with E-state index < -0.39 is 0 Å². The van der Waals surface area contributed by atoms with E-state index in [1.807, 2.05) is 24.3 Å². The lowest BCUT2D eigenvalue weighted by atomic mass is 10.1. The first-order valence-electron chi connectivity index (χ1n) is 4.36. The van der Waals surface area contributed by atoms with Crippen LogP contribution >= 0.6 is 0 Å². The Morgan fingerprint density at radius 3 is 2.77 bits per heavy atom. The highest BCUT2D eigenvalue weighted by molar-refractivity contribution is 5.37. The lowest BCUT2D eigenvalue weighted by Gasteiger charge is -2.13. The molecular weight excluding hydrogens is 162 g/mol. The van der Waals surface area contributed by atoms with Gasteiger partial charge in [0.1, 0.15) is 0 Å². The summed E-state index contributed by atoms with van der Waals surface area (Å²) in [5.41, 5.74) is 1.77. The van der Waals surface area contributed by atoms with Gasteiger partial charge in [0.25, 0.3) is 0 Å². The van der Waals surface area contributed by atoms with E-state index in [1.165, 1.54) is 0 Å². The Hall–Kier alpha value is -1.33. The van der Waals surface area contributed by atoms with Crippen LogP contribution in [0.1, 0.15) is 24.0 Å². The summed E-state index contributed by atoms with van der Waals surface area (Å²) in [5, 5.41) is 8.73. The van der Waals surface area contributed by atoms with Gasteiger partial charge in [-0.15, -0.1) is 0 Å². The molecule has 2 heteroatoms. The van der Waals surface area contributed by atoms with Crippen LogP contribution in [-0.2, 0) is 10.3 Å². The fraction of sp³-hybridized carbons (Fsp3) is 0.364. The molecule has 0 aromatic heterocycles. The van der Waals surface area contributed by atoms with Crippen LogP contribution < -0.4 is 0 Å². The van der Waals surface area contributed by atoms with Crippen molar-refractivity contribution in [2.24, 2.45) is 0 Å². The van der Waals surface area contributed by atoms with Crippen LogP contribution in [0.15, 0.2) is 24.3 Å². The van der Waals surface area contributed by atoms with Gasteiger partial charge in [-0.1, -0.05) is 12.1 Å². The summed E-state index contributed by atoms with van der Waals surface area (Å²) in [4.78, 5) is 0. The first-order chi connectivity index (χ1) is 6.30. The number of rotatable bonds is 2. The van der Waals surface area contributed by atoms with Gasteiger partial charge in [0, 0.05) is 7.11 Å². The lowest BCUT2D eigenvalue weighted by Crippen LogP contribution is -2.08. The predicted octanol–water partition coefficient (Wildman–Crippen LogP) is 2.19. The number of ether oxygens (including phenoxy) is 1. The molecule has 1 aliphatic rings. The minimum absolute atomic E-state index is 0.0765. The number of hydrogen-bond donors (Lipinski definition) is 0. The van der Waals surface area contributed by atoms with Crippen LogP contribution in [0.5, 0.6) is 0 Å². The summed E-state index contributed by atoms with van der Waals surface area (Å²) in [5.74, 6) is 0. The van der Waals surface area contributed by atoms with E-state index in [0.29, 0.717) is 5.56 Å². The third-order valence-corrected chi connectivity index (χ3v) is 2.61. The van der Waals surface area contributed by atoms with Crippen LogP contribution in [0.2, 0.25) is 0 Å². The molecule has 1 saturated carbocycles. The smallest absolute Gasteiger partial charge is 0.0991 e. The summed E-state index contributed by atoms with van der Waals surface area (Å²) in [6.45, 7) is 0. The maximum Gasteiger partial charge on any atom is 0.0991 e. The van der Waals surface area contributed by atoms with Crippen molar-refractivity contribution in [3.05, 3.63) is 35.4 Å². The van der Waals surface area contributed by atoms with Crippen molar-refractivity contribution in [2.75, 3.05) is 7.11 Å². The van der Waals surface area contributed by atoms with Crippen LogP contribution in [0.4, 0.5) is 0 Å². The molecule has 0 saturated heterocycles. The molecule has 0 radical (unpaired) electrons. The highest BCUT2D eigenvalue weighted by atomic mass is 16.5. The number of nitriles is 1. The quantitative estimate of drug-likeness (QED) is 0.686. The first kappa shape index (κ1) is 8.28. The molecular formula is C11H11NO. The second-order valence-corrected chi connectivity index (χ2v) is 3.39. The summed E-state index contributed by atoms with van der Waals surface area (Å²) >= 11 is 0. The molecule has 0 atom stereocenters. The van der Waals surface area contributed by atoms with E-state index >= 15 is 0 Å². The molecule has 0 bridgehead atoms. The Kier molecular flexibility index (Phi) is 1.82. The van der Waals surface area contributed by atoms with Gasteiger partial charge in [-0.3, -0.25) is 0 Å². The fourth-order valence-corrected chi connectivity index (χ4v) is 1.60. The first-order valence-corrected chi connectivity index (χ1v) is 4.36. The molecule has 0 spiro atoms. The standard InChI is InChI=1S/C11H11NO/c1-13-11(5-6-11)10-4-2-3-9(7-10)8-12/h2-4,7H,5-6H2,1H3. The number of hydrogen-bond acceptors (Lipinski definition) is 2. The van der Waals surface area contributed by atoms with Crippen molar-refractivity contribution in [3.63, 3.8) is 0 Å². The average Bonchev–Trinajstić information content (AvgIpc) is 2.99. The second-order valence-electron chi connectivity index (χ2n) is 3.39. The third-order valence-electron chi connectivity index (χ3n) is 2.61. The minimum atomic E-state index is -0.0765. The Bertz CT molecular complexity index is 361. The zero-order valence-corrected chi connectivity index (χ0v) is 7.58. The Labute approximate surface area is 77.8 Å². The van der Waals surface area contributed by atoms with Crippen LogP contribution in [0.3, 0.4) is 0 Å². The molecule has 0 amide bonds. The van der Waals surface area contributed by atoms with Crippen molar-refractivity contribution in [2.45, 2.75) is 18.4 Å². The molecule has 0 N–H and O–H groups in total. The van der Waals surface area contributed by atoms with E-state index in [4.69, 9.17) is 10.00 Å². The van der Waals surface area contributed by atoms with Gasteiger partial charge < -0.3 is 4.74 Å². The van der Waals surface area contributed by atoms with Gasteiger partial charge in [0.2, 0.25) is 0 Å². The highest BCUT2D eigenvalue weighted by Crippen LogP contribution is 2.48. The van der Waals surface area contributed by atoms with Crippen LogP contribution in [-0.4, -0.2) is 7.11 Å². The fourth-order valence-electron chi connectivity index (χ4n) is 1.60. The van der Waals surface area contributed by atoms with Gasteiger partial charge in [0.15, 0.2) is 0 Å². The topological polar surface area (TPSA) is 33.0 Å². The summed E-state index contributed by atoms with van der Waals surface area (Å²) < 4.78 is 5.42. The zero-order valence-electron chi connectivity index (χ0n) is 7.58. The van der Waals surface area contributed by atoms with Crippen LogP contribution in [0, 0.1) is 11.3 Å². The van der Waals surface area contributed by atoms with E-state index in [0.717, 1.165) is 18.4 Å². The number of nitrogens with zero attached hydrogens (tertiary/aromatic N) is 1. The van der Waals surface area contributed by atoms with Gasteiger partial charge in [0.05, 0.1) is 17.2 Å². The van der Waals surface area contributed by atoms with Gasteiger partial charge in [-0.25, -0.2) is 0 Å². The van der Waals surface area contributed by atoms with Gasteiger partial charge in [-0.2, -0.15) is 5.26 Å². The maximum absolute atomic E-state index is 8.73. The lowest BCUT2D eigenvalue weighted by molar-refractivity contribution is 0.0789. The predicted molar refractivity (Wildman–Crippen MR) is 49.1 cm³/mol. The molecule has 2 rings (SSSR count). The number of methoxy groups -OCH3 is 1. The van der Waals surface area contributed by atoms with Crippen molar-refractivity contribution in [1.82, 2.24) is 0 Å². The maximum atomic E-state index is 8.73.